The van der Waals surface area contributed by atoms with E-state index in [0.29, 0.717) is 6.42 Å². The van der Waals surface area contributed by atoms with Gasteiger partial charge in [-0.2, -0.15) is 0 Å². The third kappa shape index (κ3) is 1.42. The molecule has 0 aromatic heterocycles. The Bertz CT molecular complexity index is 362. The molecule has 1 aromatic rings. The standard InChI is InChI=1S/C10H10BrNO/c1-12-9-5-10(13)8-4-6(11)2-3-7(8)9/h2-4,9,12H,5H2,1H3. The molecule has 0 spiro atoms. The summed E-state index contributed by atoms with van der Waals surface area (Å²) in [6.07, 6.45) is 0.586. The highest BCUT2D eigenvalue weighted by atomic mass is 79.9. The molecule has 2 rings (SSSR count). The van der Waals surface area contributed by atoms with Crippen LogP contribution in [-0.2, 0) is 0 Å². The summed E-state index contributed by atoms with van der Waals surface area (Å²) in [6.45, 7) is 0. The van der Waals surface area contributed by atoms with Crippen molar-refractivity contribution in [3.05, 3.63) is 33.8 Å². The van der Waals surface area contributed by atoms with E-state index in [-0.39, 0.29) is 11.8 Å². The number of benzene rings is 1. The van der Waals surface area contributed by atoms with E-state index in [1.807, 2.05) is 25.2 Å². The maximum atomic E-state index is 11.5. The van der Waals surface area contributed by atoms with Crippen LogP contribution in [0.4, 0.5) is 0 Å². The fourth-order valence-electron chi connectivity index (χ4n) is 1.74. The number of hydrogen-bond acceptors (Lipinski definition) is 2. The summed E-state index contributed by atoms with van der Waals surface area (Å²) in [5, 5.41) is 3.13. The second kappa shape index (κ2) is 3.24. The van der Waals surface area contributed by atoms with Crippen molar-refractivity contribution in [1.29, 1.82) is 0 Å². The summed E-state index contributed by atoms with van der Waals surface area (Å²) in [5.41, 5.74) is 1.98. The number of carbonyl (C=O) groups excluding carboxylic acids is 1. The monoisotopic (exact) mass is 239 g/mol. The summed E-state index contributed by atoms with van der Waals surface area (Å²) < 4.78 is 0.969. The van der Waals surface area contributed by atoms with Gasteiger partial charge in [0.15, 0.2) is 5.78 Å². The van der Waals surface area contributed by atoms with Crippen molar-refractivity contribution >= 4 is 21.7 Å². The predicted octanol–water partition coefficient (Wildman–Crippen LogP) is 2.30. The highest BCUT2D eigenvalue weighted by Gasteiger charge is 2.27. The van der Waals surface area contributed by atoms with Crippen LogP contribution in [0.25, 0.3) is 0 Å². The molecule has 1 aliphatic rings. The Balaban J connectivity index is 2.52. The van der Waals surface area contributed by atoms with Gasteiger partial charge in [-0.05, 0) is 24.7 Å². The highest BCUT2D eigenvalue weighted by molar-refractivity contribution is 9.10. The van der Waals surface area contributed by atoms with Crippen molar-refractivity contribution in [3.63, 3.8) is 0 Å². The number of rotatable bonds is 1. The minimum atomic E-state index is 0.204. The molecule has 1 atom stereocenters. The summed E-state index contributed by atoms with van der Waals surface area (Å²) >= 11 is 3.36. The molecule has 1 N–H and O–H groups in total. The molecule has 0 saturated heterocycles. The normalized spacial score (nSPS) is 20.5. The van der Waals surface area contributed by atoms with Crippen LogP contribution >= 0.6 is 15.9 Å². The quantitative estimate of drug-likeness (QED) is 0.815. The largest absolute Gasteiger partial charge is 0.313 e. The van der Waals surface area contributed by atoms with Gasteiger partial charge >= 0.3 is 0 Å². The van der Waals surface area contributed by atoms with Gasteiger partial charge in [0.1, 0.15) is 0 Å². The van der Waals surface area contributed by atoms with Gasteiger partial charge in [0.2, 0.25) is 0 Å². The lowest BCUT2D eigenvalue weighted by atomic mass is 10.1. The average molecular weight is 240 g/mol. The fraction of sp³-hybridized carbons (Fsp3) is 0.300. The van der Waals surface area contributed by atoms with E-state index in [4.69, 9.17) is 0 Å². The minimum absolute atomic E-state index is 0.204. The zero-order chi connectivity index (χ0) is 9.42. The van der Waals surface area contributed by atoms with Gasteiger partial charge in [0, 0.05) is 22.5 Å². The molecule has 1 aliphatic carbocycles. The average Bonchev–Trinajstić information content (AvgIpc) is 2.43. The summed E-state index contributed by atoms with van der Waals surface area (Å²) in [7, 11) is 1.88. The molecule has 68 valence electrons. The Labute approximate surface area is 85.5 Å². The van der Waals surface area contributed by atoms with E-state index in [0.717, 1.165) is 15.6 Å². The molecule has 0 bridgehead atoms. The van der Waals surface area contributed by atoms with E-state index >= 15 is 0 Å². The first-order chi connectivity index (χ1) is 6.22. The Morgan fingerprint density at radius 1 is 1.54 bits per heavy atom. The maximum Gasteiger partial charge on any atom is 0.165 e. The Hall–Kier alpha value is -0.670. The highest BCUT2D eigenvalue weighted by Crippen LogP contribution is 2.32. The lowest BCUT2D eigenvalue weighted by Crippen LogP contribution is -2.13. The van der Waals surface area contributed by atoms with Crippen molar-refractivity contribution in [2.75, 3.05) is 7.05 Å². The van der Waals surface area contributed by atoms with Gasteiger partial charge in [0.05, 0.1) is 0 Å². The second-order valence-electron chi connectivity index (χ2n) is 3.20. The molecule has 0 fully saturated rings. The van der Waals surface area contributed by atoms with Crippen LogP contribution in [0.1, 0.15) is 28.4 Å². The first kappa shape index (κ1) is 8.91. The lowest BCUT2D eigenvalue weighted by Gasteiger charge is -2.07. The third-order valence-electron chi connectivity index (χ3n) is 2.43. The van der Waals surface area contributed by atoms with Gasteiger partial charge in [0.25, 0.3) is 0 Å². The van der Waals surface area contributed by atoms with Gasteiger partial charge in [-0.15, -0.1) is 0 Å². The van der Waals surface area contributed by atoms with Gasteiger partial charge < -0.3 is 5.32 Å². The van der Waals surface area contributed by atoms with Gasteiger partial charge in [-0.3, -0.25) is 4.79 Å². The molecule has 2 nitrogen and oxygen atoms in total. The van der Waals surface area contributed by atoms with Crippen LogP contribution < -0.4 is 5.32 Å². The van der Waals surface area contributed by atoms with E-state index in [1.165, 1.54) is 0 Å². The predicted molar refractivity (Wildman–Crippen MR) is 54.9 cm³/mol. The Kier molecular flexibility index (Phi) is 2.22. The Morgan fingerprint density at radius 3 is 3.00 bits per heavy atom. The molecule has 0 aliphatic heterocycles. The van der Waals surface area contributed by atoms with Crippen LogP contribution in [0.5, 0.6) is 0 Å². The summed E-state index contributed by atoms with van der Waals surface area (Å²) in [4.78, 5) is 11.5. The molecule has 0 heterocycles. The molecule has 0 radical (unpaired) electrons. The number of nitrogens with one attached hydrogen (secondary N) is 1. The van der Waals surface area contributed by atoms with Crippen molar-refractivity contribution < 1.29 is 4.79 Å². The van der Waals surface area contributed by atoms with Crippen LogP contribution in [0.2, 0.25) is 0 Å². The van der Waals surface area contributed by atoms with Gasteiger partial charge in [-0.25, -0.2) is 0 Å². The summed E-state index contributed by atoms with van der Waals surface area (Å²) in [5.74, 6) is 0.232. The molecular formula is C10H10BrNO. The lowest BCUT2D eigenvalue weighted by molar-refractivity contribution is 0.0986. The van der Waals surface area contributed by atoms with Crippen molar-refractivity contribution in [2.24, 2.45) is 0 Å². The first-order valence-corrected chi connectivity index (χ1v) is 5.01. The van der Waals surface area contributed by atoms with Crippen LogP contribution in [0.3, 0.4) is 0 Å². The first-order valence-electron chi connectivity index (χ1n) is 4.22. The third-order valence-corrected chi connectivity index (χ3v) is 2.92. The molecule has 13 heavy (non-hydrogen) atoms. The second-order valence-corrected chi connectivity index (χ2v) is 4.12. The topological polar surface area (TPSA) is 29.1 Å². The molecule has 3 heteroatoms. The fourth-order valence-corrected chi connectivity index (χ4v) is 2.10. The Morgan fingerprint density at radius 2 is 2.31 bits per heavy atom. The molecule has 1 unspecified atom stereocenters. The number of Topliss-reactive ketones (excluding diaryl/α,β-unsaturated/α-hetero) is 1. The van der Waals surface area contributed by atoms with E-state index in [1.54, 1.807) is 0 Å². The minimum Gasteiger partial charge on any atom is -0.313 e. The van der Waals surface area contributed by atoms with Crippen LogP contribution in [-0.4, -0.2) is 12.8 Å². The zero-order valence-electron chi connectivity index (χ0n) is 7.30. The van der Waals surface area contributed by atoms with Crippen molar-refractivity contribution in [2.45, 2.75) is 12.5 Å². The molecule has 1 aromatic carbocycles. The van der Waals surface area contributed by atoms with E-state index < -0.39 is 0 Å². The number of halogens is 1. The number of fused-ring (bicyclic) bond motifs is 1. The smallest absolute Gasteiger partial charge is 0.165 e. The molecule has 0 amide bonds. The number of hydrogen-bond donors (Lipinski definition) is 1. The van der Waals surface area contributed by atoms with Crippen LogP contribution in [0, 0.1) is 0 Å². The van der Waals surface area contributed by atoms with E-state index in [9.17, 15) is 4.79 Å². The van der Waals surface area contributed by atoms with Crippen molar-refractivity contribution in [3.8, 4) is 0 Å². The SMILES string of the molecule is CNC1CC(=O)c2cc(Br)ccc21. The van der Waals surface area contributed by atoms with Crippen molar-refractivity contribution in [1.82, 2.24) is 5.32 Å². The molecule has 0 saturated carbocycles. The summed E-state index contributed by atoms with van der Waals surface area (Å²) in [6, 6.07) is 6.08. The van der Waals surface area contributed by atoms with E-state index in [2.05, 4.69) is 21.2 Å². The zero-order valence-corrected chi connectivity index (χ0v) is 8.89. The number of ketones is 1. The molecular weight excluding hydrogens is 230 g/mol. The van der Waals surface area contributed by atoms with Crippen LogP contribution in [0.15, 0.2) is 22.7 Å². The maximum absolute atomic E-state index is 11.5. The van der Waals surface area contributed by atoms with Gasteiger partial charge in [-0.1, -0.05) is 22.0 Å². The number of carbonyl (C=O) groups is 1.